The molecule has 0 saturated carbocycles. The average Bonchev–Trinajstić information content (AvgIpc) is 2.95. The van der Waals surface area contributed by atoms with Crippen LogP contribution < -0.4 is 20.5 Å². The summed E-state index contributed by atoms with van der Waals surface area (Å²) in [6, 6.07) is 4.99. The van der Waals surface area contributed by atoms with Crippen molar-refractivity contribution in [2.45, 2.75) is 12.5 Å². The van der Waals surface area contributed by atoms with Crippen LogP contribution in [0, 0.1) is 0 Å². The Labute approximate surface area is 122 Å². The fraction of sp³-hybridized carbons (Fsp3) is 0.429. The fourth-order valence-electron chi connectivity index (χ4n) is 2.50. The van der Waals surface area contributed by atoms with Crippen molar-refractivity contribution in [3.05, 3.63) is 23.8 Å². The Morgan fingerprint density at radius 3 is 2.95 bits per heavy atom. The van der Waals surface area contributed by atoms with Crippen molar-refractivity contribution in [2.75, 3.05) is 26.4 Å². The van der Waals surface area contributed by atoms with Gasteiger partial charge in [0.1, 0.15) is 6.04 Å². The number of hydrogen-bond acceptors (Lipinski definition) is 5. The molecule has 2 aliphatic heterocycles. The first kappa shape index (κ1) is 13.7. The van der Waals surface area contributed by atoms with E-state index < -0.39 is 11.9 Å². The minimum atomic E-state index is -0.473. The molecular weight excluding hydrogens is 274 g/mol. The molecule has 1 fully saturated rings. The molecule has 21 heavy (non-hydrogen) atoms. The smallest absolute Gasteiger partial charge is 0.236 e. The minimum Gasteiger partial charge on any atom is -0.454 e. The molecule has 7 heteroatoms. The van der Waals surface area contributed by atoms with E-state index in [2.05, 4.69) is 5.32 Å². The van der Waals surface area contributed by atoms with Gasteiger partial charge in [0.25, 0.3) is 0 Å². The Morgan fingerprint density at radius 2 is 2.14 bits per heavy atom. The lowest BCUT2D eigenvalue weighted by molar-refractivity contribution is -0.133. The molecule has 3 N–H and O–H groups in total. The number of piperazine rings is 1. The van der Waals surface area contributed by atoms with Crippen LogP contribution in [0.1, 0.15) is 5.56 Å². The molecular formula is C14H17N3O4. The molecule has 0 bridgehead atoms. The topological polar surface area (TPSA) is 93.9 Å². The van der Waals surface area contributed by atoms with Crippen molar-refractivity contribution in [1.29, 1.82) is 0 Å². The fourth-order valence-corrected chi connectivity index (χ4v) is 2.50. The summed E-state index contributed by atoms with van der Waals surface area (Å²) < 4.78 is 10.5. The van der Waals surface area contributed by atoms with Crippen LogP contribution in [0.5, 0.6) is 11.5 Å². The van der Waals surface area contributed by atoms with E-state index in [0.717, 1.165) is 5.56 Å². The number of rotatable bonds is 3. The number of ether oxygens (including phenoxy) is 2. The zero-order valence-electron chi connectivity index (χ0n) is 11.5. The minimum absolute atomic E-state index is 0.0263. The van der Waals surface area contributed by atoms with Gasteiger partial charge in [-0.15, -0.1) is 0 Å². The third-order valence-electron chi connectivity index (χ3n) is 3.66. The summed E-state index contributed by atoms with van der Waals surface area (Å²) in [5, 5.41) is 3.00. The number of nitrogens with zero attached hydrogens (tertiary/aromatic N) is 1. The van der Waals surface area contributed by atoms with Crippen molar-refractivity contribution in [3.8, 4) is 11.5 Å². The first-order valence-electron chi connectivity index (χ1n) is 6.82. The van der Waals surface area contributed by atoms with Gasteiger partial charge in [-0.2, -0.15) is 0 Å². The zero-order valence-corrected chi connectivity index (χ0v) is 11.5. The molecule has 3 rings (SSSR count). The largest absolute Gasteiger partial charge is 0.454 e. The van der Waals surface area contributed by atoms with Gasteiger partial charge >= 0.3 is 0 Å². The quantitative estimate of drug-likeness (QED) is 0.764. The van der Waals surface area contributed by atoms with Gasteiger partial charge in [0, 0.05) is 19.6 Å². The lowest BCUT2D eigenvalue weighted by Crippen LogP contribution is -2.57. The van der Waals surface area contributed by atoms with E-state index in [0.29, 0.717) is 31.1 Å². The molecule has 0 aliphatic carbocycles. The lowest BCUT2D eigenvalue weighted by Gasteiger charge is -2.32. The molecule has 0 radical (unpaired) electrons. The number of carbonyl (C=O) groups excluding carboxylic acids is 2. The summed E-state index contributed by atoms with van der Waals surface area (Å²) in [5.74, 6) is 0.898. The van der Waals surface area contributed by atoms with E-state index in [9.17, 15) is 9.59 Å². The van der Waals surface area contributed by atoms with E-state index in [4.69, 9.17) is 15.2 Å². The Balaban J connectivity index is 1.64. The molecule has 0 spiro atoms. The van der Waals surface area contributed by atoms with Crippen molar-refractivity contribution >= 4 is 11.8 Å². The lowest BCUT2D eigenvalue weighted by atomic mass is 10.1. The summed E-state index contributed by atoms with van der Waals surface area (Å²) in [6.07, 6.45) is 0.266. The van der Waals surface area contributed by atoms with Gasteiger partial charge in [-0.3, -0.25) is 9.59 Å². The molecule has 1 aromatic carbocycles. The maximum atomic E-state index is 12.3. The highest BCUT2D eigenvalue weighted by Gasteiger charge is 2.26. The predicted molar refractivity (Wildman–Crippen MR) is 73.8 cm³/mol. The van der Waals surface area contributed by atoms with Gasteiger partial charge in [0.05, 0.1) is 6.42 Å². The van der Waals surface area contributed by atoms with E-state index in [1.54, 1.807) is 11.0 Å². The van der Waals surface area contributed by atoms with E-state index in [-0.39, 0.29) is 19.1 Å². The maximum Gasteiger partial charge on any atom is 0.236 e. The standard InChI is InChI=1S/C14H17N3O4/c15-14(19)10-7-17(4-3-16-10)13(18)6-9-1-2-11-12(5-9)21-8-20-11/h1-2,5,10,16H,3-4,6-8H2,(H2,15,19). The number of fused-ring (bicyclic) bond motifs is 1. The monoisotopic (exact) mass is 291 g/mol. The van der Waals surface area contributed by atoms with Crippen molar-refractivity contribution in [1.82, 2.24) is 10.2 Å². The van der Waals surface area contributed by atoms with Gasteiger partial charge in [-0.05, 0) is 17.7 Å². The molecule has 112 valence electrons. The summed E-state index contributed by atoms with van der Waals surface area (Å²) in [6.45, 7) is 1.68. The van der Waals surface area contributed by atoms with Crippen LogP contribution in [0.25, 0.3) is 0 Å². The molecule has 1 atom stereocenters. The highest BCUT2D eigenvalue weighted by Crippen LogP contribution is 2.32. The summed E-state index contributed by atoms with van der Waals surface area (Å²) in [5.41, 5.74) is 6.13. The number of benzene rings is 1. The Hall–Kier alpha value is -2.28. The van der Waals surface area contributed by atoms with Crippen LogP contribution >= 0.6 is 0 Å². The predicted octanol–water partition coefficient (Wildman–Crippen LogP) is -0.756. The van der Waals surface area contributed by atoms with E-state index >= 15 is 0 Å². The number of primary amides is 1. The van der Waals surface area contributed by atoms with Crippen LogP contribution in [-0.2, 0) is 16.0 Å². The second-order valence-electron chi connectivity index (χ2n) is 5.11. The van der Waals surface area contributed by atoms with Gasteiger partial charge in [0.2, 0.25) is 18.6 Å². The first-order chi connectivity index (χ1) is 10.1. The summed E-state index contributed by atoms with van der Waals surface area (Å²) >= 11 is 0. The van der Waals surface area contributed by atoms with Crippen LogP contribution in [0.3, 0.4) is 0 Å². The summed E-state index contributed by atoms with van der Waals surface area (Å²) in [4.78, 5) is 25.2. The highest BCUT2D eigenvalue weighted by atomic mass is 16.7. The Kier molecular flexibility index (Phi) is 3.66. The van der Waals surface area contributed by atoms with Crippen molar-refractivity contribution < 1.29 is 19.1 Å². The van der Waals surface area contributed by atoms with Gasteiger partial charge in [-0.25, -0.2) is 0 Å². The van der Waals surface area contributed by atoms with Crippen molar-refractivity contribution in [3.63, 3.8) is 0 Å². The molecule has 0 aromatic heterocycles. The zero-order chi connectivity index (χ0) is 14.8. The maximum absolute atomic E-state index is 12.3. The number of amides is 2. The van der Waals surface area contributed by atoms with Crippen LogP contribution in [0.2, 0.25) is 0 Å². The second kappa shape index (κ2) is 5.61. The third kappa shape index (κ3) is 2.92. The molecule has 7 nitrogen and oxygen atoms in total. The van der Waals surface area contributed by atoms with Crippen LogP contribution in [0.4, 0.5) is 0 Å². The van der Waals surface area contributed by atoms with E-state index in [1.807, 2.05) is 12.1 Å². The number of hydrogen-bond donors (Lipinski definition) is 2. The molecule has 2 amide bonds. The highest BCUT2D eigenvalue weighted by molar-refractivity contribution is 5.83. The molecule has 2 heterocycles. The number of nitrogens with one attached hydrogen (secondary N) is 1. The van der Waals surface area contributed by atoms with Crippen LogP contribution in [-0.4, -0.2) is 49.2 Å². The van der Waals surface area contributed by atoms with Crippen LogP contribution in [0.15, 0.2) is 18.2 Å². The van der Waals surface area contributed by atoms with Gasteiger partial charge in [-0.1, -0.05) is 6.07 Å². The molecule has 1 aromatic rings. The summed E-state index contributed by atoms with van der Waals surface area (Å²) in [7, 11) is 0. The number of carbonyl (C=O) groups is 2. The second-order valence-corrected chi connectivity index (χ2v) is 5.11. The van der Waals surface area contributed by atoms with E-state index in [1.165, 1.54) is 0 Å². The Bertz CT molecular complexity index is 575. The van der Waals surface area contributed by atoms with Crippen molar-refractivity contribution in [2.24, 2.45) is 5.73 Å². The van der Waals surface area contributed by atoms with Gasteiger partial charge < -0.3 is 25.4 Å². The SMILES string of the molecule is NC(=O)C1CN(C(=O)Cc2ccc3c(c2)OCO3)CCN1. The Morgan fingerprint density at radius 1 is 1.33 bits per heavy atom. The normalized spacial score (nSPS) is 20.4. The molecule has 1 saturated heterocycles. The molecule has 2 aliphatic rings. The average molecular weight is 291 g/mol. The van der Waals surface area contributed by atoms with Gasteiger partial charge in [0.15, 0.2) is 11.5 Å². The first-order valence-corrected chi connectivity index (χ1v) is 6.82. The number of nitrogens with two attached hydrogens (primary N) is 1. The third-order valence-corrected chi connectivity index (χ3v) is 3.66. The molecule has 1 unspecified atom stereocenters.